The SMILES string of the molecule is CCCCOc1ccc(C(=O)NNC(=O)c2ccc(OC(C)C)c(OC)c2)cc1. The molecule has 156 valence electrons. The Balaban J connectivity index is 1.93. The highest BCUT2D eigenvalue weighted by molar-refractivity contribution is 5.99. The van der Waals surface area contributed by atoms with Gasteiger partial charge >= 0.3 is 0 Å². The van der Waals surface area contributed by atoms with Gasteiger partial charge in [0.2, 0.25) is 0 Å². The fourth-order valence-electron chi connectivity index (χ4n) is 2.45. The van der Waals surface area contributed by atoms with Gasteiger partial charge in [0.1, 0.15) is 5.75 Å². The summed E-state index contributed by atoms with van der Waals surface area (Å²) in [6, 6.07) is 11.6. The van der Waals surface area contributed by atoms with Crippen LogP contribution in [-0.2, 0) is 0 Å². The van der Waals surface area contributed by atoms with E-state index in [-0.39, 0.29) is 6.10 Å². The minimum Gasteiger partial charge on any atom is -0.494 e. The Hall–Kier alpha value is -3.22. The zero-order valence-corrected chi connectivity index (χ0v) is 17.3. The number of benzene rings is 2. The zero-order chi connectivity index (χ0) is 21.2. The number of carbonyl (C=O) groups is 2. The molecule has 2 N–H and O–H groups in total. The van der Waals surface area contributed by atoms with Crippen LogP contribution < -0.4 is 25.1 Å². The van der Waals surface area contributed by atoms with Gasteiger partial charge in [-0.3, -0.25) is 20.4 Å². The quantitative estimate of drug-likeness (QED) is 0.495. The molecule has 2 amide bonds. The number of hydrogen-bond acceptors (Lipinski definition) is 5. The average molecular weight is 400 g/mol. The molecule has 29 heavy (non-hydrogen) atoms. The van der Waals surface area contributed by atoms with E-state index in [9.17, 15) is 9.59 Å². The summed E-state index contributed by atoms with van der Waals surface area (Å²) in [6.45, 7) is 6.54. The lowest BCUT2D eigenvalue weighted by atomic mass is 10.2. The molecule has 0 radical (unpaired) electrons. The second-order valence-corrected chi connectivity index (χ2v) is 6.67. The van der Waals surface area contributed by atoms with Crippen molar-refractivity contribution in [2.75, 3.05) is 13.7 Å². The number of methoxy groups -OCH3 is 1. The van der Waals surface area contributed by atoms with E-state index in [4.69, 9.17) is 14.2 Å². The van der Waals surface area contributed by atoms with Gasteiger partial charge in [-0.25, -0.2) is 0 Å². The van der Waals surface area contributed by atoms with Crippen LogP contribution in [0.3, 0.4) is 0 Å². The van der Waals surface area contributed by atoms with E-state index in [0.29, 0.717) is 35.0 Å². The maximum Gasteiger partial charge on any atom is 0.269 e. The summed E-state index contributed by atoms with van der Waals surface area (Å²) in [5.74, 6) is 0.799. The van der Waals surface area contributed by atoms with E-state index in [2.05, 4.69) is 17.8 Å². The summed E-state index contributed by atoms with van der Waals surface area (Å²) in [4.78, 5) is 24.6. The monoisotopic (exact) mass is 400 g/mol. The molecule has 0 atom stereocenters. The van der Waals surface area contributed by atoms with Crippen molar-refractivity contribution in [2.45, 2.75) is 39.7 Å². The van der Waals surface area contributed by atoms with Crippen LogP contribution in [0.25, 0.3) is 0 Å². The number of hydrazine groups is 1. The molecule has 0 saturated carbocycles. The molecule has 0 bridgehead atoms. The first-order valence-corrected chi connectivity index (χ1v) is 9.62. The van der Waals surface area contributed by atoms with E-state index in [1.165, 1.54) is 7.11 Å². The number of nitrogens with one attached hydrogen (secondary N) is 2. The minimum atomic E-state index is -0.465. The molecule has 2 aromatic carbocycles. The largest absolute Gasteiger partial charge is 0.494 e. The van der Waals surface area contributed by atoms with Gasteiger partial charge in [-0.15, -0.1) is 0 Å². The molecule has 0 aliphatic carbocycles. The van der Waals surface area contributed by atoms with E-state index >= 15 is 0 Å². The Bertz CT molecular complexity index is 818. The van der Waals surface area contributed by atoms with E-state index in [1.807, 2.05) is 13.8 Å². The molecule has 2 aromatic rings. The lowest BCUT2D eigenvalue weighted by Gasteiger charge is -2.14. The lowest BCUT2D eigenvalue weighted by Crippen LogP contribution is -2.41. The van der Waals surface area contributed by atoms with Crippen molar-refractivity contribution in [3.63, 3.8) is 0 Å². The van der Waals surface area contributed by atoms with Crippen molar-refractivity contribution >= 4 is 11.8 Å². The molecule has 7 heteroatoms. The van der Waals surface area contributed by atoms with Gasteiger partial charge in [0.15, 0.2) is 11.5 Å². The minimum absolute atomic E-state index is 0.0219. The van der Waals surface area contributed by atoms with Crippen molar-refractivity contribution in [1.29, 1.82) is 0 Å². The molecule has 0 aliphatic rings. The van der Waals surface area contributed by atoms with Crippen LogP contribution in [0.15, 0.2) is 42.5 Å². The highest BCUT2D eigenvalue weighted by Gasteiger charge is 2.13. The Labute approximate surface area is 171 Å². The molecular weight excluding hydrogens is 372 g/mol. The van der Waals surface area contributed by atoms with Gasteiger partial charge in [-0.1, -0.05) is 13.3 Å². The van der Waals surface area contributed by atoms with Gasteiger partial charge in [-0.2, -0.15) is 0 Å². The van der Waals surface area contributed by atoms with Crippen LogP contribution in [0.5, 0.6) is 17.2 Å². The van der Waals surface area contributed by atoms with Crippen LogP contribution in [0.2, 0.25) is 0 Å². The first kappa shape index (κ1) is 22.1. The predicted molar refractivity (Wildman–Crippen MR) is 111 cm³/mol. The molecule has 0 fully saturated rings. The molecule has 0 aromatic heterocycles. The maximum absolute atomic E-state index is 12.3. The van der Waals surface area contributed by atoms with Gasteiger partial charge in [0.05, 0.1) is 19.8 Å². The normalized spacial score (nSPS) is 10.4. The first-order chi connectivity index (χ1) is 13.9. The predicted octanol–water partition coefficient (Wildman–Crippen LogP) is 3.74. The number of amides is 2. The van der Waals surface area contributed by atoms with Crippen molar-refractivity contribution in [3.05, 3.63) is 53.6 Å². The molecule has 0 unspecified atom stereocenters. The molecule has 0 spiro atoms. The number of rotatable bonds is 9. The third kappa shape index (κ3) is 6.71. The van der Waals surface area contributed by atoms with Crippen molar-refractivity contribution in [1.82, 2.24) is 10.9 Å². The second-order valence-electron chi connectivity index (χ2n) is 6.67. The number of ether oxygens (including phenoxy) is 3. The van der Waals surface area contributed by atoms with Crippen molar-refractivity contribution < 1.29 is 23.8 Å². The van der Waals surface area contributed by atoms with Gasteiger partial charge in [0.25, 0.3) is 11.8 Å². The molecular formula is C22H28N2O5. The van der Waals surface area contributed by atoms with E-state index < -0.39 is 11.8 Å². The Kier molecular flexibility index (Phi) is 8.33. The lowest BCUT2D eigenvalue weighted by molar-refractivity contribution is 0.0846. The fraction of sp³-hybridized carbons (Fsp3) is 0.364. The van der Waals surface area contributed by atoms with Crippen molar-refractivity contribution in [3.8, 4) is 17.2 Å². The standard InChI is InChI=1S/C22H28N2O5/c1-5-6-13-28-18-10-7-16(8-11-18)21(25)23-24-22(26)17-9-12-19(29-15(2)3)20(14-17)27-4/h7-12,14-15H,5-6,13H2,1-4H3,(H,23,25)(H,24,26). The van der Waals surface area contributed by atoms with Crippen LogP contribution in [0.1, 0.15) is 54.3 Å². The van der Waals surface area contributed by atoms with Crippen LogP contribution in [-0.4, -0.2) is 31.6 Å². The first-order valence-electron chi connectivity index (χ1n) is 9.62. The third-order valence-corrected chi connectivity index (χ3v) is 3.96. The van der Waals surface area contributed by atoms with Gasteiger partial charge in [0, 0.05) is 11.1 Å². The smallest absolute Gasteiger partial charge is 0.269 e. The Morgan fingerprint density at radius 3 is 2.14 bits per heavy atom. The van der Waals surface area contributed by atoms with E-state index in [0.717, 1.165) is 12.8 Å². The molecule has 0 aliphatic heterocycles. The number of unbranched alkanes of at least 4 members (excludes halogenated alkanes) is 1. The van der Waals surface area contributed by atoms with Crippen LogP contribution in [0, 0.1) is 0 Å². The van der Waals surface area contributed by atoms with Crippen LogP contribution in [0.4, 0.5) is 0 Å². The Morgan fingerprint density at radius 2 is 1.55 bits per heavy atom. The Morgan fingerprint density at radius 1 is 0.931 bits per heavy atom. The third-order valence-electron chi connectivity index (χ3n) is 3.96. The highest BCUT2D eigenvalue weighted by atomic mass is 16.5. The van der Waals surface area contributed by atoms with Crippen LogP contribution >= 0.6 is 0 Å². The number of hydrogen-bond donors (Lipinski definition) is 2. The summed E-state index contributed by atoms with van der Waals surface area (Å²) >= 11 is 0. The average Bonchev–Trinajstić information content (AvgIpc) is 2.72. The zero-order valence-electron chi connectivity index (χ0n) is 17.3. The summed E-state index contributed by atoms with van der Waals surface area (Å²) < 4.78 is 16.5. The highest BCUT2D eigenvalue weighted by Crippen LogP contribution is 2.28. The summed E-state index contributed by atoms with van der Waals surface area (Å²) in [5.41, 5.74) is 5.54. The number of carbonyl (C=O) groups excluding carboxylic acids is 2. The molecule has 0 heterocycles. The summed E-state index contributed by atoms with van der Waals surface area (Å²) in [6.07, 6.45) is 2.01. The van der Waals surface area contributed by atoms with Gasteiger partial charge in [-0.05, 0) is 62.7 Å². The van der Waals surface area contributed by atoms with Crippen molar-refractivity contribution in [2.24, 2.45) is 0 Å². The topological polar surface area (TPSA) is 85.9 Å². The second kappa shape index (κ2) is 10.9. The maximum atomic E-state index is 12.3. The molecule has 0 saturated heterocycles. The van der Waals surface area contributed by atoms with Gasteiger partial charge < -0.3 is 14.2 Å². The van der Waals surface area contributed by atoms with E-state index in [1.54, 1.807) is 42.5 Å². The fourth-order valence-corrected chi connectivity index (χ4v) is 2.45. The summed E-state index contributed by atoms with van der Waals surface area (Å²) in [7, 11) is 1.50. The summed E-state index contributed by atoms with van der Waals surface area (Å²) in [5, 5.41) is 0. The molecule has 7 nitrogen and oxygen atoms in total. The molecule has 2 rings (SSSR count).